The molecule has 0 N–H and O–H groups in total. The zero-order valence-corrected chi connectivity index (χ0v) is 30.3. The third kappa shape index (κ3) is 14.7. The number of ether oxygens (including phenoxy) is 1. The molecule has 0 aromatic heterocycles. The Hall–Kier alpha value is -0.700. The molecule has 0 fully saturated rings. The molecule has 4 aromatic rings. The summed E-state index contributed by atoms with van der Waals surface area (Å²) < 4.78 is 5.76. The van der Waals surface area contributed by atoms with Gasteiger partial charge in [0, 0.05) is 6.61 Å². The molecule has 0 saturated carbocycles. The Morgan fingerprint density at radius 3 is 2.00 bits per heavy atom. The number of rotatable bonds is 8. The summed E-state index contributed by atoms with van der Waals surface area (Å²) in [5.41, 5.74) is 4.66. The van der Waals surface area contributed by atoms with Crippen molar-refractivity contribution >= 4 is 27.0 Å². The Morgan fingerprint density at radius 1 is 0.846 bits per heavy atom. The molecule has 0 aliphatic carbocycles. The zero-order chi connectivity index (χ0) is 27.4. The van der Waals surface area contributed by atoms with Crippen molar-refractivity contribution in [1.82, 2.24) is 0 Å². The van der Waals surface area contributed by atoms with Crippen molar-refractivity contribution in [2.45, 2.75) is 98.3 Å². The predicted molar refractivity (Wildman–Crippen MR) is 163 cm³/mol. The second kappa shape index (κ2) is 19.4. The third-order valence-corrected chi connectivity index (χ3v) is 6.30. The fourth-order valence-electron chi connectivity index (χ4n) is 4.41. The first kappa shape index (κ1) is 38.3. The number of fused-ring (bicyclic) bond motifs is 2. The standard InChI is InChI=1S/C20H29O.C12H13.C2H6Si.2ClH.Zr/c1-16-15-17-11-8-9-13-19(17)18(16)12-7-5-6-10-14-21-20(2,3)4;1-9(2)12-7-10-5-3-4-6-11(10)8-12;1-3-2;;;/h8-9,11,13,15H,5-7,10,12,14H2,1-4H3;3-9H,1-2H3;1-2H3;2*1H;/q2*-1;;;;+2/p-2. The van der Waals surface area contributed by atoms with Crippen molar-refractivity contribution in [3.8, 4) is 0 Å². The summed E-state index contributed by atoms with van der Waals surface area (Å²) in [4.78, 5) is 0. The zero-order valence-electron chi connectivity index (χ0n) is 25.3. The van der Waals surface area contributed by atoms with Gasteiger partial charge in [-0.15, -0.1) is 81.2 Å². The Labute approximate surface area is 266 Å². The summed E-state index contributed by atoms with van der Waals surface area (Å²) >= 11 is 1.74. The van der Waals surface area contributed by atoms with Gasteiger partial charge in [0.15, 0.2) is 0 Å². The Bertz CT molecular complexity index is 1200. The van der Waals surface area contributed by atoms with Crippen molar-refractivity contribution < 1.29 is 52.9 Å². The third-order valence-electron chi connectivity index (χ3n) is 6.30. The quantitative estimate of drug-likeness (QED) is 0.156. The summed E-state index contributed by atoms with van der Waals surface area (Å²) in [5, 5.41) is 5.57. The van der Waals surface area contributed by atoms with Gasteiger partial charge in [-0.3, -0.25) is 0 Å². The van der Waals surface area contributed by atoms with Gasteiger partial charge in [-0.1, -0.05) is 58.6 Å². The van der Waals surface area contributed by atoms with Gasteiger partial charge in [-0.25, -0.2) is 0 Å². The van der Waals surface area contributed by atoms with Gasteiger partial charge in [0.05, 0.1) is 5.60 Å². The van der Waals surface area contributed by atoms with E-state index in [4.69, 9.17) is 4.74 Å². The van der Waals surface area contributed by atoms with E-state index in [0.717, 1.165) is 6.61 Å². The first-order valence-electron chi connectivity index (χ1n) is 13.9. The maximum atomic E-state index is 5.76. The average Bonchev–Trinajstić information content (AvgIpc) is 3.39. The first-order chi connectivity index (χ1) is 17.5. The van der Waals surface area contributed by atoms with Gasteiger partial charge < -0.3 is 29.6 Å². The van der Waals surface area contributed by atoms with Crippen LogP contribution in [0.1, 0.15) is 82.9 Å². The predicted octanol–water partition coefficient (Wildman–Crippen LogP) is 4.26. The van der Waals surface area contributed by atoms with E-state index in [2.05, 4.69) is 121 Å². The van der Waals surface area contributed by atoms with Crippen molar-refractivity contribution in [2.75, 3.05) is 6.61 Å². The van der Waals surface area contributed by atoms with Gasteiger partial charge in [0.2, 0.25) is 0 Å². The smallest absolute Gasteiger partial charge is 0.0598 e. The van der Waals surface area contributed by atoms with Crippen molar-refractivity contribution in [2.24, 2.45) is 0 Å². The van der Waals surface area contributed by atoms with Crippen LogP contribution in [0.25, 0.3) is 21.5 Å². The summed E-state index contributed by atoms with van der Waals surface area (Å²) in [6.07, 6.45) is 6.24. The van der Waals surface area contributed by atoms with Gasteiger partial charge in [0.25, 0.3) is 0 Å². The molecule has 1 nitrogen and oxygen atoms in total. The van der Waals surface area contributed by atoms with E-state index in [9.17, 15) is 0 Å². The van der Waals surface area contributed by atoms with Crippen LogP contribution in [0.15, 0.2) is 66.7 Å². The minimum Gasteiger partial charge on any atom is -1.00 e. The molecule has 5 heteroatoms. The molecule has 39 heavy (non-hydrogen) atoms. The molecule has 4 aromatic carbocycles. The molecule has 0 unspecified atom stereocenters. The largest absolute Gasteiger partial charge is 1.00 e. The molecule has 0 aliphatic rings. The maximum absolute atomic E-state index is 5.76. The van der Waals surface area contributed by atoms with Crippen molar-refractivity contribution in [3.05, 3.63) is 83.4 Å². The number of aryl methyl sites for hydroxylation is 2. The van der Waals surface area contributed by atoms with Crippen LogP contribution < -0.4 is 24.8 Å². The van der Waals surface area contributed by atoms with E-state index < -0.39 is 0 Å². The van der Waals surface area contributed by atoms with Crippen LogP contribution >= 0.6 is 0 Å². The molecular formula is C34H48Cl2OSiZr-2. The molecule has 214 valence electrons. The maximum Gasteiger partial charge on any atom is 0.0598 e. The van der Waals surface area contributed by atoms with Crippen molar-refractivity contribution in [1.29, 1.82) is 0 Å². The molecule has 0 heterocycles. The summed E-state index contributed by atoms with van der Waals surface area (Å²) in [7, 11) is 0. The SMILES string of the molecule is CC(C)c1cc2ccccc2[cH-]1.C[Si](C)=[Zr+2].Cc1[cH-]c2ccccc2c1CCCCCCOC(C)(C)C.[Cl-].[Cl-]. The number of hydrogen-bond donors (Lipinski definition) is 0. The molecule has 0 aliphatic heterocycles. The molecule has 0 saturated heterocycles. The molecule has 0 radical (unpaired) electrons. The fraction of sp³-hybridized carbons (Fsp3) is 0.471. The summed E-state index contributed by atoms with van der Waals surface area (Å²) in [6, 6.07) is 24.1. The minimum atomic E-state index is 0. The fourth-order valence-corrected chi connectivity index (χ4v) is 4.41. The van der Waals surface area contributed by atoms with E-state index in [0.29, 0.717) is 5.92 Å². The number of benzene rings is 2. The second-order valence-corrected chi connectivity index (χ2v) is 21.0. The van der Waals surface area contributed by atoms with Gasteiger partial charge in [-0.2, -0.15) is 11.6 Å². The van der Waals surface area contributed by atoms with Gasteiger partial charge >= 0.3 is 41.9 Å². The van der Waals surface area contributed by atoms with Crippen LogP contribution in [0, 0.1) is 6.92 Å². The molecule has 0 amide bonds. The Balaban J connectivity index is 0.000000680. The normalized spacial score (nSPS) is 10.7. The average molecular weight is 663 g/mol. The number of unbranched alkanes of at least 4 members (excludes halogenated alkanes) is 3. The van der Waals surface area contributed by atoms with E-state index in [1.165, 1.54) is 64.8 Å². The molecule has 0 bridgehead atoms. The number of hydrogen-bond acceptors (Lipinski definition) is 1. The van der Waals surface area contributed by atoms with Crippen LogP contribution in [-0.4, -0.2) is 17.6 Å². The van der Waals surface area contributed by atoms with Crippen LogP contribution in [0.5, 0.6) is 0 Å². The first-order valence-corrected chi connectivity index (χ1v) is 20.1. The molecule has 0 atom stereocenters. The molecule has 0 spiro atoms. The topological polar surface area (TPSA) is 9.23 Å². The van der Waals surface area contributed by atoms with E-state index in [1.54, 1.807) is 28.9 Å². The monoisotopic (exact) mass is 660 g/mol. The molecular weight excluding hydrogens is 615 g/mol. The van der Waals surface area contributed by atoms with E-state index >= 15 is 0 Å². The van der Waals surface area contributed by atoms with Gasteiger partial charge in [-0.05, 0) is 33.1 Å². The van der Waals surface area contributed by atoms with Crippen LogP contribution in [0.2, 0.25) is 13.1 Å². The van der Waals surface area contributed by atoms with Crippen LogP contribution in [0.4, 0.5) is 0 Å². The Kier molecular flexibility index (Phi) is 19.1. The second-order valence-electron chi connectivity index (χ2n) is 11.6. The van der Waals surface area contributed by atoms with E-state index in [1.807, 2.05) is 0 Å². The van der Waals surface area contributed by atoms with Crippen molar-refractivity contribution in [3.63, 3.8) is 0 Å². The molecule has 4 rings (SSSR count). The van der Waals surface area contributed by atoms with E-state index in [-0.39, 0.29) is 35.8 Å². The number of halogens is 2. The van der Waals surface area contributed by atoms with Crippen LogP contribution in [-0.2, 0) is 34.5 Å². The summed E-state index contributed by atoms with van der Waals surface area (Å²) in [6.45, 7) is 18.6. The Morgan fingerprint density at radius 2 is 1.41 bits per heavy atom. The summed E-state index contributed by atoms with van der Waals surface area (Å²) in [5.74, 6) is 0.636. The van der Waals surface area contributed by atoms with Crippen LogP contribution in [0.3, 0.4) is 0 Å². The minimum absolute atomic E-state index is 0. The van der Waals surface area contributed by atoms with Gasteiger partial charge in [0.1, 0.15) is 0 Å².